The highest BCUT2D eigenvalue weighted by atomic mass is 35.5. The van der Waals surface area contributed by atoms with Crippen LogP contribution >= 0.6 is 11.6 Å². The van der Waals surface area contributed by atoms with Gasteiger partial charge in [-0.1, -0.05) is 18.5 Å². The molecule has 1 aliphatic heterocycles. The maximum absolute atomic E-state index is 14.5. The van der Waals surface area contributed by atoms with E-state index in [1.807, 2.05) is 6.92 Å². The SMILES string of the molecule is Cn1c(C(F)(F)F)cc(=O)n(-c2cc(C(=O)OCC3(C)COC3)c(Cl)cc2F)c1=O. The maximum atomic E-state index is 14.5. The molecule has 0 radical (unpaired) electrons. The van der Waals surface area contributed by atoms with E-state index in [9.17, 15) is 31.9 Å². The number of alkyl halides is 3. The number of ether oxygens (including phenoxy) is 2. The summed E-state index contributed by atoms with van der Waals surface area (Å²) >= 11 is 5.89. The Morgan fingerprint density at radius 2 is 1.90 bits per heavy atom. The van der Waals surface area contributed by atoms with Gasteiger partial charge in [0.25, 0.3) is 5.56 Å². The summed E-state index contributed by atoms with van der Waals surface area (Å²) in [6.07, 6.45) is -4.97. The summed E-state index contributed by atoms with van der Waals surface area (Å²) in [7, 11) is 0.783. The van der Waals surface area contributed by atoms with Crippen molar-refractivity contribution >= 4 is 17.6 Å². The first-order valence-corrected chi connectivity index (χ1v) is 8.86. The molecule has 30 heavy (non-hydrogen) atoms. The summed E-state index contributed by atoms with van der Waals surface area (Å²) in [5.74, 6) is -2.14. The summed E-state index contributed by atoms with van der Waals surface area (Å²) in [5, 5.41) is -0.354. The molecule has 2 heterocycles. The van der Waals surface area contributed by atoms with Gasteiger partial charge in [0.05, 0.1) is 29.5 Å². The number of esters is 1. The van der Waals surface area contributed by atoms with E-state index in [2.05, 4.69) is 0 Å². The molecule has 0 saturated carbocycles. The molecule has 0 bridgehead atoms. The van der Waals surface area contributed by atoms with Crippen molar-refractivity contribution in [2.75, 3.05) is 19.8 Å². The van der Waals surface area contributed by atoms with Gasteiger partial charge in [-0.05, 0) is 12.1 Å². The first-order chi connectivity index (χ1) is 13.8. The molecule has 0 amide bonds. The number of nitrogens with zero attached hydrogens (tertiary/aromatic N) is 2. The standard InChI is InChI=1S/C18H15ClF4N2O5/c1-17(6-29-7-17)8-30-15(27)9-3-12(11(20)4-10(9)19)25-14(26)5-13(18(21,22)23)24(2)16(25)28/h3-5H,6-8H2,1-2H3. The lowest BCUT2D eigenvalue weighted by molar-refractivity contribution is -0.144. The highest BCUT2D eigenvalue weighted by Gasteiger charge is 2.36. The number of hydrogen-bond acceptors (Lipinski definition) is 5. The zero-order valence-corrected chi connectivity index (χ0v) is 16.4. The average Bonchev–Trinajstić information content (AvgIpc) is 2.61. The third-order valence-corrected chi connectivity index (χ3v) is 4.87. The van der Waals surface area contributed by atoms with Gasteiger partial charge in [-0.2, -0.15) is 13.2 Å². The molecular formula is C18H15ClF4N2O5. The molecule has 7 nitrogen and oxygen atoms in total. The van der Waals surface area contributed by atoms with Crippen LogP contribution in [0.2, 0.25) is 5.02 Å². The Morgan fingerprint density at radius 1 is 1.27 bits per heavy atom. The molecular weight excluding hydrogens is 436 g/mol. The van der Waals surface area contributed by atoms with Gasteiger partial charge < -0.3 is 9.47 Å². The van der Waals surface area contributed by atoms with Crippen LogP contribution in [0, 0.1) is 11.2 Å². The van der Waals surface area contributed by atoms with Crippen molar-refractivity contribution in [3.8, 4) is 5.69 Å². The van der Waals surface area contributed by atoms with Crippen LogP contribution < -0.4 is 11.2 Å². The lowest BCUT2D eigenvalue weighted by Crippen LogP contribution is -2.44. The molecule has 1 fully saturated rings. The Kier molecular flexibility index (Phi) is 5.54. The first-order valence-electron chi connectivity index (χ1n) is 8.49. The highest BCUT2D eigenvalue weighted by molar-refractivity contribution is 6.33. The van der Waals surface area contributed by atoms with E-state index in [1.165, 1.54) is 0 Å². The summed E-state index contributed by atoms with van der Waals surface area (Å²) in [6, 6.07) is 1.62. The van der Waals surface area contributed by atoms with Crippen LogP contribution in [-0.2, 0) is 22.7 Å². The fourth-order valence-corrected chi connectivity index (χ4v) is 3.06. The van der Waals surface area contributed by atoms with Crippen LogP contribution in [0.3, 0.4) is 0 Å². The van der Waals surface area contributed by atoms with E-state index in [-0.39, 0.29) is 37.8 Å². The molecule has 1 aromatic carbocycles. The molecule has 2 aromatic rings. The van der Waals surface area contributed by atoms with Crippen molar-refractivity contribution in [2.24, 2.45) is 12.5 Å². The number of carbonyl (C=O) groups is 1. The quantitative estimate of drug-likeness (QED) is 0.528. The molecule has 0 unspecified atom stereocenters. The summed E-state index contributed by atoms with van der Waals surface area (Å²) in [6.45, 7) is 2.54. The number of aromatic nitrogens is 2. The molecule has 0 aliphatic carbocycles. The van der Waals surface area contributed by atoms with Gasteiger partial charge in [0.2, 0.25) is 0 Å². The van der Waals surface area contributed by atoms with E-state index < -0.39 is 40.6 Å². The predicted molar refractivity (Wildman–Crippen MR) is 96.5 cm³/mol. The fourth-order valence-electron chi connectivity index (χ4n) is 2.84. The normalized spacial score (nSPS) is 15.6. The Labute approximate surface area is 171 Å². The number of hydrogen-bond donors (Lipinski definition) is 0. The smallest absolute Gasteiger partial charge is 0.431 e. The molecule has 12 heteroatoms. The Hall–Kier alpha value is -2.66. The second-order valence-electron chi connectivity index (χ2n) is 7.21. The highest BCUT2D eigenvalue weighted by Crippen LogP contribution is 2.29. The van der Waals surface area contributed by atoms with Crippen LogP contribution in [0.4, 0.5) is 17.6 Å². The van der Waals surface area contributed by atoms with Gasteiger partial charge in [0.1, 0.15) is 18.1 Å². The monoisotopic (exact) mass is 450 g/mol. The van der Waals surface area contributed by atoms with Gasteiger partial charge in [0.15, 0.2) is 0 Å². The topological polar surface area (TPSA) is 79.5 Å². The zero-order valence-electron chi connectivity index (χ0n) is 15.7. The second-order valence-corrected chi connectivity index (χ2v) is 7.61. The summed E-state index contributed by atoms with van der Waals surface area (Å²) in [4.78, 5) is 37.0. The Balaban J connectivity index is 2.06. The van der Waals surface area contributed by atoms with E-state index in [4.69, 9.17) is 21.1 Å². The average molecular weight is 451 g/mol. The number of halogens is 5. The van der Waals surface area contributed by atoms with E-state index in [0.29, 0.717) is 19.3 Å². The van der Waals surface area contributed by atoms with Crippen molar-refractivity contribution in [1.82, 2.24) is 9.13 Å². The zero-order chi connectivity index (χ0) is 22.4. The van der Waals surface area contributed by atoms with Crippen LogP contribution in [0.15, 0.2) is 27.8 Å². The molecule has 1 aromatic heterocycles. The predicted octanol–water partition coefficient (Wildman–Crippen LogP) is 2.54. The summed E-state index contributed by atoms with van der Waals surface area (Å²) in [5.41, 5.74) is -5.85. The minimum Gasteiger partial charge on any atom is -0.461 e. The van der Waals surface area contributed by atoms with Gasteiger partial charge in [0, 0.05) is 18.5 Å². The Bertz CT molecular complexity index is 1140. The van der Waals surface area contributed by atoms with Crippen molar-refractivity contribution in [2.45, 2.75) is 13.1 Å². The maximum Gasteiger partial charge on any atom is 0.431 e. The van der Waals surface area contributed by atoms with Crippen LogP contribution in [0.1, 0.15) is 23.0 Å². The Morgan fingerprint density at radius 3 is 2.43 bits per heavy atom. The molecule has 1 aliphatic rings. The van der Waals surface area contributed by atoms with Crippen LogP contribution in [0.5, 0.6) is 0 Å². The minimum absolute atomic E-state index is 0.0170. The fraction of sp³-hybridized carbons (Fsp3) is 0.389. The van der Waals surface area contributed by atoms with Gasteiger partial charge in [-0.25, -0.2) is 18.5 Å². The van der Waals surface area contributed by atoms with E-state index in [1.54, 1.807) is 0 Å². The largest absolute Gasteiger partial charge is 0.461 e. The van der Waals surface area contributed by atoms with E-state index >= 15 is 0 Å². The molecule has 0 atom stereocenters. The molecule has 3 rings (SSSR count). The van der Waals surface area contributed by atoms with Crippen LogP contribution in [0.25, 0.3) is 5.69 Å². The molecule has 0 spiro atoms. The first kappa shape index (κ1) is 22.0. The third-order valence-electron chi connectivity index (χ3n) is 4.56. The van der Waals surface area contributed by atoms with Gasteiger partial charge in [-0.15, -0.1) is 0 Å². The van der Waals surface area contributed by atoms with Gasteiger partial charge >= 0.3 is 17.8 Å². The van der Waals surface area contributed by atoms with Crippen LogP contribution in [-0.4, -0.2) is 34.9 Å². The summed E-state index contributed by atoms with van der Waals surface area (Å²) < 4.78 is 64.0. The third kappa shape index (κ3) is 3.99. The molecule has 1 saturated heterocycles. The van der Waals surface area contributed by atoms with Crippen molar-refractivity contribution in [3.63, 3.8) is 0 Å². The molecule has 162 valence electrons. The van der Waals surface area contributed by atoms with Crippen molar-refractivity contribution < 1.29 is 31.8 Å². The molecule has 0 N–H and O–H groups in total. The van der Waals surface area contributed by atoms with Crippen molar-refractivity contribution in [1.29, 1.82) is 0 Å². The van der Waals surface area contributed by atoms with E-state index in [0.717, 1.165) is 13.1 Å². The lowest BCUT2D eigenvalue weighted by atomic mass is 9.90. The minimum atomic E-state index is -4.97. The second kappa shape index (κ2) is 7.55. The lowest BCUT2D eigenvalue weighted by Gasteiger charge is -2.37. The number of rotatable bonds is 4. The number of carbonyl (C=O) groups excluding carboxylic acids is 1. The number of benzene rings is 1. The van der Waals surface area contributed by atoms with Gasteiger partial charge in [-0.3, -0.25) is 9.36 Å². The van der Waals surface area contributed by atoms with Crippen molar-refractivity contribution in [3.05, 3.63) is 61.1 Å².